The van der Waals surface area contributed by atoms with E-state index in [1.165, 1.54) is 4.88 Å². The standard InChI is InChI=1S/C13H13ClN2OS/c1-9-16-8-12(18-9)5-6-15-13(17)10-3-2-4-11(14)7-10/h2-4,7-8H,5-6H2,1H3,(H,15,17). The first-order valence-electron chi connectivity index (χ1n) is 5.60. The SMILES string of the molecule is Cc1ncc(CCNC(=O)c2cccc(Cl)c2)s1. The van der Waals surface area contributed by atoms with Crippen LogP contribution in [0.2, 0.25) is 5.02 Å². The molecule has 0 bridgehead atoms. The van der Waals surface area contributed by atoms with Gasteiger partial charge in [-0.05, 0) is 25.1 Å². The zero-order chi connectivity index (χ0) is 13.0. The van der Waals surface area contributed by atoms with Gasteiger partial charge in [0.15, 0.2) is 0 Å². The smallest absolute Gasteiger partial charge is 0.251 e. The third-order valence-corrected chi connectivity index (χ3v) is 3.62. The molecule has 5 heteroatoms. The van der Waals surface area contributed by atoms with Crippen LogP contribution in [0.5, 0.6) is 0 Å². The summed E-state index contributed by atoms with van der Waals surface area (Å²) in [5, 5.41) is 4.48. The van der Waals surface area contributed by atoms with Crippen molar-refractivity contribution < 1.29 is 4.79 Å². The monoisotopic (exact) mass is 280 g/mol. The minimum absolute atomic E-state index is 0.0984. The van der Waals surface area contributed by atoms with Gasteiger partial charge in [-0.25, -0.2) is 4.98 Å². The molecule has 2 aromatic rings. The van der Waals surface area contributed by atoms with Crippen LogP contribution in [0.3, 0.4) is 0 Å². The number of nitrogens with one attached hydrogen (secondary N) is 1. The van der Waals surface area contributed by atoms with Crippen LogP contribution < -0.4 is 5.32 Å². The van der Waals surface area contributed by atoms with Crippen molar-refractivity contribution in [3.8, 4) is 0 Å². The molecule has 0 unspecified atom stereocenters. The summed E-state index contributed by atoms with van der Waals surface area (Å²) in [6.45, 7) is 2.58. The lowest BCUT2D eigenvalue weighted by atomic mass is 10.2. The lowest BCUT2D eigenvalue weighted by molar-refractivity contribution is 0.0954. The van der Waals surface area contributed by atoms with E-state index >= 15 is 0 Å². The van der Waals surface area contributed by atoms with Gasteiger partial charge in [-0.2, -0.15) is 0 Å². The topological polar surface area (TPSA) is 42.0 Å². The Kier molecular flexibility index (Phi) is 4.33. The van der Waals surface area contributed by atoms with Gasteiger partial charge in [-0.15, -0.1) is 11.3 Å². The van der Waals surface area contributed by atoms with Crippen LogP contribution in [-0.4, -0.2) is 17.4 Å². The second kappa shape index (κ2) is 5.98. The number of hydrogen-bond donors (Lipinski definition) is 1. The zero-order valence-corrected chi connectivity index (χ0v) is 11.5. The fourth-order valence-corrected chi connectivity index (χ4v) is 2.54. The lowest BCUT2D eigenvalue weighted by Crippen LogP contribution is -2.25. The van der Waals surface area contributed by atoms with Gasteiger partial charge in [0.05, 0.1) is 5.01 Å². The number of amides is 1. The van der Waals surface area contributed by atoms with E-state index in [2.05, 4.69) is 10.3 Å². The Morgan fingerprint density at radius 2 is 2.33 bits per heavy atom. The highest BCUT2D eigenvalue weighted by Crippen LogP contribution is 2.12. The number of benzene rings is 1. The van der Waals surface area contributed by atoms with Crippen LogP contribution in [-0.2, 0) is 6.42 Å². The molecule has 3 nitrogen and oxygen atoms in total. The average Bonchev–Trinajstić information content (AvgIpc) is 2.75. The summed E-state index contributed by atoms with van der Waals surface area (Å²) in [6.07, 6.45) is 2.66. The first-order chi connectivity index (χ1) is 8.65. The predicted octanol–water partition coefficient (Wildman–Crippen LogP) is 3.08. The molecule has 0 saturated heterocycles. The van der Waals surface area contributed by atoms with Crippen molar-refractivity contribution in [2.45, 2.75) is 13.3 Å². The van der Waals surface area contributed by atoms with E-state index in [1.54, 1.807) is 35.6 Å². The fraction of sp³-hybridized carbons (Fsp3) is 0.231. The molecule has 94 valence electrons. The normalized spacial score (nSPS) is 10.3. The van der Waals surface area contributed by atoms with Gasteiger partial charge < -0.3 is 5.32 Å². The summed E-state index contributed by atoms with van der Waals surface area (Å²) in [5.41, 5.74) is 0.586. The van der Waals surface area contributed by atoms with Crippen molar-refractivity contribution in [2.75, 3.05) is 6.54 Å². The van der Waals surface area contributed by atoms with E-state index in [0.717, 1.165) is 11.4 Å². The third-order valence-electron chi connectivity index (χ3n) is 2.41. The molecule has 0 spiro atoms. The molecule has 0 radical (unpaired) electrons. The number of thiazole rings is 1. The molecule has 0 aliphatic carbocycles. The molecule has 1 amide bonds. The maximum Gasteiger partial charge on any atom is 0.251 e. The minimum Gasteiger partial charge on any atom is -0.352 e. The Bertz CT molecular complexity index is 553. The Morgan fingerprint density at radius 1 is 1.50 bits per heavy atom. The average molecular weight is 281 g/mol. The highest BCUT2D eigenvalue weighted by molar-refractivity contribution is 7.11. The Balaban J connectivity index is 1.85. The van der Waals surface area contributed by atoms with Crippen molar-refractivity contribution in [3.05, 3.63) is 50.9 Å². The Morgan fingerprint density at radius 3 is 3.00 bits per heavy atom. The van der Waals surface area contributed by atoms with E-state index in [9.17, 15) is 4.79 Å². The lowest BCUT2D eigenvalue weighted by Gasteiger charge is -2.04. The van der Waals surface area contributed by atoms with E-state index in [0.29, 0.717) is 17.1 Å². The maximum absolute atomic E-state index is 11.8. The highest BCUT2D eigenvalue weighted by Gasteiger charge is 2.05. The molecule has 1 aromatic carbocycles. The van der Waals surface area contributed by atoms with Gasteiger partial charge in [0.2, 0.25) is 0 Å². The minimum atomic E-state index is -0.0984. The van der Waals surface area contributed by atoms with Crippen LogP contribution in [0.15, 0.2) is 30.5 Å². The molecule has 0 atom stereocenters. The quantitative estimate of drug-likeness (QED) is 0.935. The van der Waals surface area contributed by atoms with Gasteiger partial charge in [0.1, 0.15) is 0 Å². The second-order valence-corrected chi connectivity index (χ2v) is 5.62. The zero-order valence-electron chi connectivity index (χ0n) is 9.94. The van der Waals surface area contributed by atoms with Crippen LogP contribution in [0, 0.1) is 6.92 Å². The molecular weight excluding hydrogens is 268 g/mol. The number of aryl methyl sites for hydroxylation is 1. The number of halogens is 1. The molecule has 2 rings (SSSR count). The second-order valence-electron chi connectivity index (χ2n) is 3.86. The fourth-order valence-electron chi connectivity index (χ4n) is 1.55. The van der Waals surface area contributed by atoms with Crippen LogP contribution in [0.25, 0.3) is 0 Å². The van der Waals surface area contributed by atoms with Crippen LogP contribution in [0.4, 0.5) is 0 Å². The number of nitrogens with zero attached hydrogens (tertiary/aromatic N) is 1. The van der Waals surface area contributed by atoms with Crippen molar-refractivity contribution in [1.29, 1.82) is 0 Å². The van der Waals surface area contributed by atoms with Crippen LogP contribution in [0.1, 0.15) is 20.2 Å². The van der Waals surface area contributed by atoms with Gasteiger partial charge in [-0.1, -0.05) is 17.7 Å². The largest absolute Gasteiger partial charge is 0.352 e. The number of rotatable bonds is 4. The van der Waals surface area contributed by atoms with Crippen molar-refractivity contribution in [2.24, 2.45) is 0 Å². The van der Waals surface area contributed by atoms with Gasteiger partial charge in [0.25, 0.3) is 5.91 Å². The Hall–Kier alpha value is -1.39. The molecule has 0 aliphatic rings. The van der Waals surface area contributed by atoms with Gasteiger partial charge >= 0.3 is 0 Å². The molecule has 0 fully saturated rings. The predicted molar refractivity (Wildman–Crippen MR) is 74.3 cm³/mol. The summed E-state index contributed by atoms with van der Waals surface area (Å²) in [4.78, 5) is 17.2. The van der Waals surface area contributed by atoms with Crippen molar-refractivity contribution >= 4 is 28.8 Å². The van der Waals surface area contributed by atoms with E-state index in [4.69, 9.17) is 11.6 Å². The van der Waals surface area contributed by atoms with Gasteiger partial charge in [0, 0.05) is 34.6 Å². The molecule has 18 heavy (non-hydrogen) atoms. The van der Waals surface area contributed by atoms with E-state index < -0.39 is 0 Å². The molecule has 1 N–H and O–H groups in total. The van der Waals surface area contributed by atoms with E-state index in [-0.39, 0.29) is 5.91 Å². The van der Waals surface area contributed by atoms with E-state index in [1.807, 2.05) is 13.1 Å². The highest BCUT2D eigenvalue weighted by atomic mass is 35.5. The number of hydrogen-bond acceptors (Lipinski definition) is 3. The summed E-state index contributed by atoms with van der Waals surface area (Å²) in [6, 6.07) is 6.92. The number of aromatic nitrogens is 1. The van der Waals surface area contributed by atoms with Gasteiger partial charge in [-0.3, -0.25) is 4.79 Å². The number of carbonyl (C=O) groups excluding carboxylic acids is 1. The molecule has 1 heterocycles. The molecular formula is C13H13ClN2OS. The summed E-state index contributed by atoms with van der Waals surface area (Å²) in [7, 11) is 0. The number of carbonyl (C=O) groups is 1. The van der Waals surface area contributed by atoms with Crippen LogP contribution >= 0.6 is 22.9 Å². The van der Waals surface area contributed by atoms with Crippen molar-refractivity contribution in [1.82, 2.24) is 10.3 Å². The first kappa shape index (κ1) is 13.1. The van der Waals surface area contributed by atoms with Crippen molar-refractivity contribution in [3.63, 3.8) is 0 Å². The third kappa shape index (κ3) is 3.55. The summed E-state index contributed by atoms with van der Waals surface area (Å²) < 4.78 is 0. The molecule has 0 aliphatic heterocycles. The molecule has 1 aromatic heterocycles. The first-order valence-corrected chi connectivity index (χ1v) is 6.79. The molecule has 0 saturated carbocycles. The summed E-state index contributed by atoms with van der Waals surface area (Å²) >= 11 is 7.49. The maximum atomic E-state index is 11.8. The summed E-state index contributed by atoms with van der Waals surface area (Å²) in [5.74, 6) is -0.0984. The Labute approximate surface area is 115 Å².